The molecule has 5 rings (SSSR count). The van der Waals surface area contributed by atoms with Gasteiger partial charge in [0.1, 0.15) is 24.8 Å². The summed E-state index contributed by atoms with van der Waals surface area (Å²) in [4.78, 5) is 5.00. The Bertz CT molecular complexity index is 976. The molecule has 0 spiro atoms. The molecule has 2 aromatic carbocycles. The van der Waals surface area contributed by atoms with Crippen LogP contribution in [-0.2, 0) is 0 Å². The van der Waals surface area contributed by atoms with Crippen molar-refractivity contribution < 1.29 is 14.2 Å². The van der Waals surface area contributed by atoms with Crippen LogP contribution in [0, 0.1) is 0 Å². The quantitative estimate of drug-likeness (QED) is 0.771. The highest BCUT2D eigenvalue weighted by atomic mass is 16.6. The van der Waals surface area contributed by atoms with Crippen molar-refractivity contribution in [3.8, 4) is 28.6 Å². The minimum atomic E-state index is 0.388. The molecule has 140 valence electrons. The maximum Gasteiger partial charge on any atom is 0.163 e. The molecule has 0 amide bonds. The summed E-state index contributed by atoms with van der Waals surface area (Å²) >= 11 is 0. The Hall–Kier alpha value is -2.73. The van der Waals surface area contributed by atoms with Gasteiger partial charge in [0.05, 0.1) is 23.7 Å². The fourth-order valence-electron chi connectivity index (χ4n) is 4.09. The zero-order valence-electron chi connectivity index (χ0n) is 15.4. The highest BCUT2D eigenvalue weighted by molar-refractivity contribution is 5.85. The zero-order chi connectivity index (χ0) is 18.2. The maximum absolute atomic E-state index is 5.83. The fourth-order valence-corrected chi connectivity index (χ4v) is 4.09. The number of rotatable bonds is 3. The lowest BCUT2D eigenvalue weighted by atomic mass is 10.0. The van der Waals surface area contributed by atoms with E-state index in [1.807, 2.05) is 24.3 Å². The molecule has 6 nitrogen and oxygen atoms in total. The van der Waals surface area contributed by atoms with Gasteiger partial charge < -0.3 is 24.1 Å². The number of hydrogen-bond donors (Lipinski definition) is 1. The number of fused-ring (bicyclic) bond motifs is 2. The second-order valence-corrected chi connectivity index (χ2v) is 6.97. The third-order valence-corrected chi connectivity index (χ3v) is 5.38. The van der Waals surface area contributed by atoms with Gasteiger partial charge in [0.25, 0.3) is 0 Å². The highest BCUT2D eigenvalue weighted by Crippen LogP contribution is 2.40. The smallest absolute Gasteiger partial charge is 0.163 e. The van der Waals surface area contributed by atoms with Crippen LogP contribution in [-0.4, -0.2) is 43.0 Å². The molecule has 3 heterocycles. The minimum absolute atomic E-state index is 0.388. The van der Waals surface area contributed by atoms with Crippen molar-refractivity contribution in [1.82, 2.24) is 14.9 Å². The van der Waals surface area contributed by atoms with Crippen LogP contribution in [0.5, 0.6) is 17.2 Å². The number of imidazole rings is 1. The van der Waals surface area contributed by atoms with E-state index in [1.54, 1.807) is 7.11 Å². The second-order valence-electron chi connectivity index (χ2n) is 6.97. The van der Waals surface area contributed by atoms with E-state index < -0.39 is 0 Å². The summed E-state index contributed by atoms with van der Waals surface area (Å²) in [5.41, 5.74) is 3.03. The second kappa shape index (κ2) is 6.78. The molecule has 0 atom stereocenters. The molecule has 1 saturated heterocycles. The summed E-state index contributed by atoms with van der Waals surface area (Å²) in [5, 5.41) is 3.45. The summed E-state index contributed by atoms with van der Waals surface area (Å²) in [6, 6.07) is 12.5. The van der Waals surface area contributed by atoms with Crippen LogP contribution in [0.1, 0.15) is 18.9 Å². The first-order valence-corrected chi connectivity index (χ1v) is 9.51. The van der Waals surface area contributed by atoms with Gasteiger partial charge in [0, 0.05) is 18.2 Å². The van der Waals surface area contributed by atoms with Gasteiger partial charge in [0.2, 0.25) is 0 Å². The SMILES string of the molecule is COc1ccccc1-c1nc2cc3c(cc2n1C1CCNCC1)OCCO3. The largest absolute Gasteiger partial charge is 0.496 e. The van der Waals surface area contributed by atoms with E-state index >= 15 is 0 Å². The Morgan fingerprint density at radius 2 is 1.81 bits per heavy atom. The van der Waals surface area contributed by atoms with Crippen LogP contribution in [0.15, 0.2) is 36.4 Å². The Labute approximate surface area is 158 Å². The molecule has 0 saturated carbocycles. The lowest BCUT2D eigenvalue weighted by Gasteiger charge is -2.27. The highest BCUT2D eigenvalue weighted by Gasteiger charge is 2.25. The normalized spacial score (nSPS) is 17.2. The van der Waals surface area contributed by atoms with Crippen LogP contribution in [0.4, 0.5) is 0 Å². The van der Waals surface area contributed by atoms with Gasteiger partial charge >= 0.3 is 0 Å². The van der Waals surface area contributed by atoms with E-state index in [2.05, 4.69) is 22.0 Å². The van der Waals surface area contributed by atoms with Gasteiger partial charge in [-0.2, -0.15) is 0 Å². The number of para-hydroxylation sites is 1. The molecule has 27 heavy (non-hydrogen) atoms. The van der Waals surface area contributed by atoms with E-state index in [4.69, 9.17) is 19.2 Å². The van der Waals surface area contributed by atoms with Gasteiger partial charge in [-0.05, 0) is 38.1 Å². The lowest BCUT2D eigenvalue weighted by molar-refractivity contribution is 0.172. The van der Waals surface area contributed by atoms with E-state index in [9.17, 15) is 0 Å². The van der Waals surface area contributed by atoms with E-state index in [1.165, 1.54) is 0 Å². The van der Waals surface area contributed by atoms with Gasteiger partial charge in [-0.15, -0.1) is 0 Å². The molecule has 0 aliphatic carbocycles. The summed E-state index contributed by atoms with van der Waals surface area (Å²) in [6.45, 7) is 3.19. The number of methoxy groups -OCH3 is 1. The Balaban J connectivity index is 1.75. The first-order valence-electron chi connectivity index (χ1n) is 9.51. The minimum Gasteiger partial charge on any atom is -0.496 e. The molecule has 2 aliphatic rings. The predicted molar refractivity (Wildman–Crippen MR) is 104 cm³/mol. The molecule has 6 heteroatoms. The molecule has 0 unspecified atom stereocenters. The average molecular weight is 365 g/mol. The van der Waals surface area contributed by atoms with Crippen LogP contribution in [0.3, 0.4) is 0 Å². The maximum atomic E-state index is 5.83. The van der Waals surface area contributed by atoms with Crippen LogP contribution < -0.4 is 19.5 Å². The fraction of sp³-hybridized carbons (Fsp3) is 0.381. The van der Waals surface area contributed by atoms with Gasteiger partial charge in [-0.3, -0.25) is 0 Å². The van der Waals surface area contributed by atoms with Crippen molar-refractivity contribution in [3.05, 3.63) is 36.4 Å². The number of piperidine rings is 1. The summed E-state index contributed by atoms with van der Waals surface area (Å²) in [6.07, 6.45) is 2.14. The number of nitrogens with one attached hydrogen (secondary N) is 1. The van der Waals surface area contributed by atoms with Crippen molar-refractivity contribution in [1.29, 1.82) is 0 Å². The molecule has 1 N–H and O–H groups in total. The van der Waals surface area contributed by atoms with Gasteiger partial charge in [-0.25, -0.2) is 4.98 Å². The van der Waals surface area contributed by atoms with Crippen molar-refractivity contribution in [2.45, 2.75) is 18.9 Å². The van der Waals surface area contributed by atoms with Crippen LogP contribution in [0.25, 0.3) is 22.4 Å². The van der Waals surface area contributed by atoms with Crippen molar-refractivity contribution in [2.24, 2.45) is 0 Å². The third kappa shape index (κ3) is 2.80. The lowest BCUT2D eigenvalue weighted by Crippen LogP contribution is -2.29. The van der Waals surface area contributed by atoms with Gasteiger partial charge in [0.15, 0.2) is 11.5 Å². The zero-order valence-corrected chi connectivity index (χ0v) is 15.4. The van der Waals surface area contributed by atoms with E-state index in [-0.39, 0.29) is 0 Å². The average Bonchev–Trinajstić information content (AvgIpc) is 3.10. The van der Waals surface area contributed by atoms with E-state index in [0.29, 0.717) is 19.3 Å². The number of aromatic nitrogens is 2. The summed E-state index contributed by atoms with van der Waals surface area (Å²) in [7, 11) is 1.71. The predicted octanol–water partition coefficient (Wildman–Crippen LogP) is 3.41. The number of nitrogens with zero attached hydrogens (tertiary/aromatic N) is 2. The Kier molecular flexibility index (Phi) is 4.13. The summed E-state index contributed by atoms with van der Waals surface area (Å²) in [5.74, 6) is 3.35. The molecule has 0 radical (unpaired) electrons. The van der Waals surface area contributed by atoms with Crippen molar-refractivity contribution in [2.75, 3.05) is 33.4 Å². The molecule has 1 fully saturated rings. The standard InChI is InChI=1S/C21H23N3O3/c1-25-18-5-3-2-4-15(18)21-23-16-12-19-20(27-11-10-26-19)13-17(16)24(21)14-6-8-22-9-7-14/h2-5,12-14,22H,6-11H2,1H3. The Morgan fingerprint density at radius 1 is 1.07 bits per heavy atom. The monoisotopic (exact) mass is 365 g/mol. The first-order chi connectivity index (χ1) is 13.3. The third-order valence-electron chi connectivity index (χ3n) is 5.38. The van der Waals surface area contributed by atoms with Crippen molar-refractivity contribution >= 4 is 11.0 Å². The molecule has 2 aliphatic heterocycles. The topological polar surface area (TPSA) is 57.5 Å². The van der Waals surface area contributed by atoms with E-state index in [0.717, 1.165) is 65.6 Å². The Morgan fingerprint density at radius 3 is 2.59 bits per heavy atom. The van der Waals surface area contributed by atoms with Crippen molar-refractivity contribution in [3.63, 3.8) is 0 Å². The van der Waals surface area contributed by atoms with Gasteiger partial charge in [-0.1, -0.05) is 12.1 Å². The molecular weight excluding hydrogens is 342 g/mol. The van der Waals surface area contributed by atoms with Crippen LogP contribution >= 0.6 is 0 Å². The number of benzene rings is 2. The first kappa shape index (κ1) is 16.4. The summed E-state index contributed by atoms with van der Waals surface area (Å²) < 4.78 is 19.6. The van der Waals surface area contributed by atoms with Crippen LogP contribution in [0.2, 0.25) is 0 Å². The molecular formula is C21H23N3O3. The number of hydrogen-bond acceptors (Lipinski definition) is 5. The molecule has 3 aromatic rings. The number of ether oxygens (including phenoxy) is 3. The molecule has 1 aromatic heterocycles. The molecule has 0 bridgehead atoms.